The molecule has 6 rings (SSSR count). The van der Waals surface area contributed by atoms with Crippen LogP contribution >= 0.6 is 0 Å². The van der Waals surface area contributed by atoms with Gasteiger partial charge in [-0.15, -0.1) is 0 Å². The molecule has 52 heavy (non-hydrogen) atoms. The number of nitrogens with one attached hydrogen (secondary N) is 1. The third-order valence-electron chi connectivity index (χ3n) is 12.7. The first-order valence-corrected chi connectivity index (χ1v) is 18.1. The van der Waals surface area contributed by atoms with E-state index in [0.29, 0.717) is 17.7 Å². The first-order valence-electron chi connectivity index (χ1n) is 18.1. The van der Waals surface area contributed by atoms with Crippen LogP contribution in [0.4, 0.5) is 4.79 Å². The maximum Gasteiger partial charge on any atom is 0.408 e. The van der Waals surface area contributed by atoms with Crippen LogP contribution in [-0.2, 0) is 23.8 Å². The second-order valence-corrected chi connectivity index (χ2v) is 17.2. The number of benzene rings is 2. The van der Waals surface area contributed by atoms with Crippen molar-refractivity contribution >= 4 is 17.8 Å². The van der Waals surface area contributed by atoms with Crippen LogP contribution in [0, 0.1) is 22.2 Å². The van der Waals surface area contributed by atoms with Gasteiger partial charge in [0, 0.05) is 29.6 Å². The monoisotopic (exact) mass is 719 g/mol. The highest BCUT2D eigenvalue weighted by molar-refractivity contribution is 5.93. The maximum absolute atomic E-state index is 14.8. The Balaban J connectivity index is 1.46. The van der Waals surface area contributed by atoms with E-state index in [0.717, 1.165) is 5.56 Å². The van der Waals surface area contributed by atoms with E-state index in [2.05, 4.69) is 5.32 Å². The fourth-order valence-corrected chi connectivity index (χ4v) is 9.88. The fourth-order valence-electron chi connectivity index (χ4n) is 9.88. The molecule has 282 valence electrons. The number of esters is 1. The molecule has 11 heteroatoms. The minimum Gasteiger partial charge on any atom is -0.456 e. The number of hydrogen-bond donors (Lipinski definition) is 5. The molecule has 2 aromatic rings. The van der Waals surface area contributed by atoms with Gasteiger partial charge in [0.15, 0.2) is 11.9 Å². The summed E-state index contributed by atoms with van der Waals surface area (Å²) in [5.41, 5.74) is -4.25. The molecule has 1 aliphatic heterocycles. The summed E-state index contributed by atoms with van der Waals surface area (Å²) in [6.07, 6.45) is -7.14. The Bertz CT molecular complexity index is 1740. The summed E-state index contributed by atoms with van der Waals surface area (Å²) in [6, 6.07) is 16.6. The molecule has 3 aliphatic carbocycles. The molecule has 11 nitrogen and oxygen atoms in total. The van der Waals surface area contributed by atoms with Crippen molar-refractivity contribution in [3.8, 4) is 0 Å². The van der Waals surface area contributed by atoms with Crippen LogP contribution < -0.4 is 5.32 Å². The summed E-state index contributed by atoms with van der Waals surface area (Å²) in [7, 11) is 0. The van der Waals surface area contributed by atoms with Crippen molar-refractivity contribution in [2.75, 3.05) is 6.61 Å². The van der Waals surface area contributed by atoms with Gasteiger partial charge in [-0.3, -0.25) is 4.79 Å². The number of alkyl carbamates (subject to hydrolysis) is 1. The molecule has 0 spiro atoms. The number of rotatable bonds is 6. The van der Waals surface area contributed by atoms with E-state index in [-0.39, 0.29) is 24.5 Å². The lowest BCUT2D eigenvalue weighted by atomic mass is 9.39. The van der Waals surface area contributed by atoms with Gasteiger partial charge < -0.3 is 40.0 Å². The molecule has 4 aliphatic rings. The van der Waals surface area contributed by atoms with Crippen molar-refractivity contribution in [2.24, 2.45) is 22.2 Å². The topological polar surface area (TPSA) is 172 Å². The molecular weight excluding hydrogens is 666 g/mol. The molecule has 2 saturated carbocycles. The largest absolute Gasteiger partial charge is 0.456 e. The Labute approximate surface area is 305 Å². The van der Waals surface area contributed by atoms with Gasteiger partial charge >= 0.3 is 12.1 Å². The van der Waals surface area contributed by atoms with E-state index < -0.39 is 87.6 Å². The van der Waals surface area contributed by atoms with Crippen molar-refractivity contribution in [1.29, 1.82) is 0 Å². The molecule has 5 N–H and O–H groups in total. The standard InChI is InChI=1S/C41H53NO10/c1-22-25(51-35(47)32(45)30(24-17-13-10-14-18-24)42-36(48)52-37(2,3)4)20-41(49)29(23-15-11-9-12-16-23)33-39(7)21-50-27(39)19-26(43)40(33,8)34(46)31(44)28(22)38(41,5)6/h9-18,25-27,29-33,43-45,49H,19-21H2,1-8H3,(H,42,48)/t25?,26-,27?,29-,30?,31?,32?,33+,39?,40+,41+/m0/s1. The Morgan fingerprint density at radius 1 is 0.981 bits per heavy atom. The van der Waals surface area contributed by atoms with Gasteiger partial charge in [-0.25, -0.2) is 9.59 Å². The van der Waals surface area contributed by atoms with Crippen LogP contribution in [0.15, 0.2) is 71.8 Å². The summed E-state index contributed by atoms with van der Waals surface area (Å²) in [4.78, 5) is 41.7. The first-order chi connectivity index (χ1) is 24.2. The number of Topliss-reactive ketones (excluding diaryl/α,β-unsaturated/α-hetero) is 1. The van der Waals surface area contributed by atoms with Gasteiger partial charge in [0.1, 0.15) is 17.8 Å². The maximum atomic E-state index is 14.8. The minimum atomic E-state index is -1.90. The molecule has 0 radical (unpaired) electrons. The highest BCUT2D eigenvalue weighted by Gasteiger charge is 2.74. The van der Waals surface area contributed by atoms with E-state index in [1.54, 1.807) is 78.8 Å². The minimum absolute atomic E-state index is 0.145. The quantitative estimate of drug-likeness (QED) is 0.211. The van der Waals surface area contributed by atoms with Gasteiger partial charge in [0.2, 0.25) is 0 Å². The van der Waals surface area contributed by atoms with Crippen molar-refractivity contribution in [1.82, 2.24) is 5.32 Å². The SMILES string of the molecule is CC1=C2C(O)C(=O)[C@@]3(C)[C@H]([C@H](c4ccccc4)[C@](O)(CC1OC(=O)C(O)C(NC(=O)OC(C)(C)C)c1ccccc1)C2(C)C)C1(C)COC1C[C@@H]3O. The number of fused-ring (bicyclic) bond motifs is 5. The molecule has 2 bridgehead atoms. The van der Waals surface area contributed by atoms with Crippen molar-refractivity contribution in [2.45, 2.75) is 122 Å². The van der Waals surface area contributed by atoms with Crippen LogP contribution in [0.2, 0.25) is 0 Å². The molecule has 0 aromatic heterocycles. The number of aliphatic hydroxyl groups excluding tert-OH is 3. The van der Waals surface area contributed by atoms with E-state index in [9.17, 15) is 34.8 Å². The number of amides is 1. The number of hydrogen-bond acceptors (Lipinski definition) is 10. The van der Waals surface area contributed by atoms with Gasteiger partial charge in [-0.1, -0.05) is 81.4 Å². The summed E-state index contributed by atoms with van der Waals surface area (Å²) in [5.74, 6) is -3.14. The second kappa shape index (κ2) is 13.1. The zero-order valence-electron chi connectivity index (χ0n) is 31.3. The fraction of sp³-hybridized carbons (Fsp3) is 0.585. The zero-order chi connectivity index (χ0) is 38.2. The van der Waals surface area contributed by atoms with Gasteiger partial charge in [-0.2, -0.15) is 0 Å². The third kappa shape index (κ3) is 5.89. The van der Waals surface area contributed by atoms with Crippen molar-refractivity contribution in [3.05, 3.63) is 82.9 Å². The van der Waals surface area contributed by atoms with E-state index >= 15 is 0 Å². The first kappa shape index (κ1) is 38.1. The second-order valence-electron chi connectivity index (χ2n) is 17.2. The Hall–Kier alpha value is -3.61. The summed E-state index contributed by atoms with van der Waals surface area (Å²) in [6.45, 7) is 14.3. The number of carbonyl (C=O) groups is 3. The Morgan fingerprint density at radius 2 is 1.58 bits per heavy atom. The number of carbonyl (C=O) groups excluding carboxylic acids is 3. The van der Waals surface area contributed by atoms with Gasteiger partial charge in [0.05, 0.1) is 35.9 Å². The third-order valence-corrected chi connectivity index (χ3v) is 12.7. The lowest BCUT2D eigenvalue weighted by Crippen LogP contribution is -2.74. The van der Waals surface area contributed by atoms with Crippen molar-refractivity contribution < 1.29 is 49.0 Å². The number of aliphatic hydroxyl groups is 4. The molecule has 11 atom stereocenters. The van der Waals surface area contributed by atoms with Crippen molar-refractivity contribution in [3.63, 3.8) is 0 Å². The lowest BCUT2D eigenvalue weighted by molar-refractivity contribution is -0.293. The summed E-state index contributed by atoms with van der Waals surface area (Å²) >= 11 is 0. The molecule has 6 unspecified atom stereocenters. The van der Waals surface area contributed by atoms with E-state index in [4.69, 9.17) is 14.2 Å². The molecule has 1 saturated heterocycles. The Morgan fingerprint density at radius 3 is 2.13 bits per heavy atom. The van der Waals surface area contributed by atoms with Crippen LogP contribution in [-0.4, -0.2) is 86.6 Å². The number of ketones is 1. The van der Waals surface area contributed by atoms with Crippen LogP contribution in [0.3, 0.4) is 0 Å². The van der Waals surface area contributed by atoms with Crippen LogP contribution in [0.1, 0.15) is 91.3 Å². The Kier molecular flexibility index (Phi) is 9.57. The molecule has 1 amide bonds. The highest BCUT2D eigenvalue weighted by atomic mass is 16.6. The molecule has 3 fully saturated rings. The molecular formula is C41H53NO10. The highest BCUT2D eigenvalue weighted by Crippen LogP contribution is 2.69. The smallest absolute Gasteiger partial charge is 0.408 e. The molecule has 1 heterocycles. The van der Waals surface area contributed by atoms with Gasteiger partial charge in [-0.05, 0) is 62.8 Å². The summed E-state index contributed by atoms with van der Waals surface area (Å²) in [5, 5.41) is 51.5. The zero-order valence-corrected chi connectivity index (χ0v) is 31.3. The van der Waals surface area contributed by atoms with Crippen LogP contribution in [0.25, 0.3) is 0 Å². The average Bonchev–Trinajstić information content (AvgIpc) is 3.07. The molecule has 2 aromatic carbocycles. The predicted molar refractivity (Wildman–Crippen MR) is 191 cm³/mol. The summed E-state index contributed by atoms with van der Waals surface area (Å²) < 4.78 is 17.5. The lowest BCUT2D eigenvalue weighted by Gasteiger charge is -2.69. The van der Waals surface area contributed by atoms with E-state index in [1.807, 2.05) is 37.3 Å². The number of ether oxygens (including phenoxy) is 3. The average molecular weight is 720 g/mol. The van der Waals surface area contributed by atoms with E-state index in [1.165, 1.54) is 0 Å². The normalized spacial score (nSPS) is 36.5. The van der Waals surface area contributed by atoms with Gasteiger partial charge in [0.25, 0.3) is 0 Å². The van der Waals surface area contributed by atoms with Crippen LogP contribution in [0.5, 0.6) is 0 Å². The predicted octanol–water partition coefficient (Wildman–Crippen LogP) is 4.52.